The molecule has 9 heavy (non-hydrogen) atoms. The Labute approximate surface area is 52.1 Å². The van der Waals surface area contributed by atoms with Crippen molar-refractivity contribution in [2.45, 2.75) is 18.6 Å². The first-order valence-electron chi connectivity index (χ1n) is 2.73. The molecular weight excluding hydrogens is 124 g/mol. The fourth-order valence-electron chi connectivity index (χ4n) is 0.748. The summed E-state index contributed by atoms with van der Waals surface area (Å²) in [5, 5.41) is 17.1. The third kappa shape index (κ3) is 1.20. The topological polar surface area (TPSA) is 66.8 Å². The molecule has 0 aliphatic carbocycles. The van der Waals surface area contributed by atoms with Gasteiger partial charge >= 0.3 is 5.97 Å². The van der Waals surface area contributed by atoms with Gasteiger partial charge in [0.05, 0.1) is 6.61 Å². The average molecular weight is 132 g/mol. The van der Waals surface area contributed by atoms with E-state index in [1.807, 2.05) is 0 Å². The number of esters is 1. The molecule has 0 spiro atoms. The Morgan fingerprint density at radius 1 is 1.78 bits per heavy atom. The highest BCUT2D eigenvalue weighted by Crippen LogP contribution is 2.13. The molecule has 1 aliphatic heterocycles. The third-order valence-corrected chi connectivity index (χ3v) is 1.24. The van der Waals surface area contributed by atoms with Gasteiger partial charge in [-0.1, -0.05) is 0 Å². The van der Waals surface area contributed by atoms with Crippen LogP contribution in [0.2, 0.25) is 0 Å². The maximum Gasteiger partial charge on any atom is 0.335 e. The average Bonchev–Trinajstić information content (AvgIpc) is 2.13. The molecule has 4 nitrogen and oxygen atoms in total. The van der Waals surface area contributed by atoms with E-state index in [-0.39, 0.29) is 13.0 Å². The van der Waals surface area contributed by atoms with Gasteiger partial charge in [-0.05, 0) is 0 Å². The van der Waals surface area contributed by atoms with E-state index in [1.165, 1.54) is 0 Å². The fraction of sp³-hybridized carbons (Fsp3) is 0.800. The summed E-state index contributed by atoms with van der Waals surface area (Å²) in [5.41, 5.74) is 0. The molecule has 4 heteroatoms. The number of carbonyl (C=O) groups is 1. The molecule has 0 amide bonds. The van der Waals surface area contributed by atoms with E-state index < -0.39 is 18.2 Å². The van der Waals surface area contributed by atoms with Gasteiger partial charge in [0.1, 0.15) is 6.10 Å². The quantitative estimate of drug-likeness (QED) is 0.433. The summed E-state index contributed by atoms with van der Waals surface area (Å²) < 4.78 is 4.48. The van der Waals surface area contributed by atoms with Gasteiger partial charge in [0, 0.05) is 6.42 Å². The van der Waals surface area contributed by atoms with Gasteiger partial charge in [-0.15, -0.1) is 0 Å². The number of hydrogen-bond acceptors (Lipinski definition) is 4. The largest absolute Gasteiger partial charge is 0.458 e. The van der Waals surface area contributed by atoms with Crippen LogP contribution in [0.5, 0.6) is 0 Å². The lowest BCUT2D eigenvalue weighted by molar-refractivity contribution is -0.148. The number of hydrogen-bond donors (Lipinski definition) is 2. The van der Waals surface area contributed by atoms with Crippen molar-refractivity contribution in [3.63, 3.8) is 0 Å². The van der Waals surface area contributed by atoms with Crippen molar-refractivity contribution in [1.82, 2.24) is 0 Å². The minimum Gasteiger partial charge on any atom is -0.458 e. The Bertz CT molecular complexity index is 122. The monoisotopic (exact) mass is 132 g/mol. The molecule has 1 heterocycles. The molecule has 1 aliphatic rings. The van der Waals surface area contributed by atoms with Gasteiger partial charge in [-0.3, -0.25) is 0 Å². The van der Waals surface area contributed by atoms with Crippen LogP contribution in [-0.2, 0) is 9.53 Å². The molecule has 1 rings (SSSR count). The van der Waals surface area contributed by atoms with Gasteiger partial charge in [0.15, 0.2) is 6.10 Å². The molecule has 1 saturated heterocycles. The third-order valence-electron chi connectivity index (χ3n) is 1.24. The number of carbonyl (C=O) groups excluding carboxylic acids is 1. The van der Waals surface area contributed by atoms with E-state index in [2.05, 4.69) is 4.74 Å². The van der Waals surface area contributed by atoms with E-state index in [1.54, 1.807) is 0 Å². The minimum atomic E-state index is -1.03. The zero-order chi connectivity index (χ0) is 6.85. The fourth-order valence-corrected chi connectivity index (χ4v) is 0.748. The second kappa shape index (κ2) is 2.33. The molecule has 52 valence electrons. The van der Waals surface area contributed by atoms with Crippen molar-refractivity contribution in [2.75, 3.05) is 6.61 Å². The summed E-state index contributed by atoms with van der Waals surface area (Å²) in [6.45, 7) is -0.206. The van der Waals surface area contributed by atoms with E-state index in [0.29, 0.717) is 0 Å². The number of cyclic esters (lactones) is 1. The summed E-state index contributed by atoms with van der Waals surface area (Å²) >= 11 is 0. The first kappa shape index (κ1) is 6.51. The maximum absolute atomic E-state index is 10.4. The van der Waals surface area contributed by atoms with Crippen LogP contribution < -0.4 is 0 Å². The van der Waals surface area contributed by atoms with Crippen LogP contribution in [-0.4, -0.2) is 35.0 Å². The lowest BCUT2D eigenvalue weighted by atomic mass is 10.2. The van der Waals surface area contributed by atoms with Gasteiger partial charge < -0.3 is 14.9 Å². The molecule has 0 radical (unpaired) electrons. The van der Waals surface area contributed by atoms with Crippen LogP contribution in [0, 0.1) is 0 Å². The van der Waals surface area contributed by atoms with Crippen LogP contribution in [0.4, 0.5) is 0 Å². The number of aliphatic hydroxyl groups excluding tert-OH is 2. The van der Waals surface area contributed by atoms with Gasteiger partial charge in [0.2, 0.25) is 0 Å². The van der Waals surface area contributed by atoms with Crippen molar-refractivity contribution in [1.29, 1.82) is 0 Å². The summed E-state index contributed by atoms with van der Waals surface area (Å²) in [6.07, 6.45) is -1.30. The summed E-state index contributed by atoms with van der Waals surface area (Å²) in [6, 6.07) is 0. The van der Waals surface area contributed by atoms with Crippen molar-refractivity contribution in [2.24, 2.45) is 0 Å². The standard InChI is InChI=1S/C5H8O4/c6-2-3-1-4(7)5(8)9-3/h3-4,6-7H,1-2H2/t3-,4+/m1/s1. The molecular formula is C5H8O4. The van der Waals surface area contributed by atoms with Crippen LogP contribution in [0.25, 0.3) is 0 Å². The molecule has 0 saturated carbocycles. The van der Waals surface area contributed by atoms with Crippen LogP contribution in [0.3, 0.4) is 0 Å². The predicted molar refractivity (Wildman–Crippen MR) is 27.6 cm³/mol. The molecule has 0 aromatic carbocycles. The first-order chi connectivity index (χ1) is 4.24. The number of aliphatic hydroxyl groups is 2. The van der Waals surface area contributed by atoms with Gasteiger partial charge in [0.25, 0.3) is 0 Å². The first-order valence-corrected chi connectivity index (χ1v) is 2.73. The minimum absolute atomic E-state index is 0.206. The zero-order valence-corrected chi connectivity index (χ0v) is 4.78. The summed E-state index contributed by atoms with van der Waals surface area (Å²) in [5.74, 6) is -0.631. The van der Waals surface area contributed by atoms with Crippen LogP contribution >= 0.6 is 0 Å². The van der Waals surface area contributed by atoms with Crippen molar-refractivity contribution < 1.29 is 19.7 Å². The molecule has 1 fully saturated rings. The Morgan fingerprint density at radius 2 is 2.44 bits per heavy atom. The lowest BCUT2D eigenvalue weighted by Crippen LogP contribution is -2.11. The van der Waals surface area contributed by atoms with E-state index in [0.717, 1.165) is 0 Å². The van der Waals surface area contributed by atoms with E-state index >= 15 is 0 Å². The number of ether oxygens (including phenoxy) is 1. The Kier molecular flexibility index (Phi) is 1.68. The molecule has 2 N–H and O–H groups in total. The molecule has 2 atom stereocenters. The van der Waals surface area contributed by atoms with E-state index in [9.17, 15) is 4.79 Å². The van der Waals surface area contributed by atoms with Gasteiger partial charge in [-0.25, -0.2) is 4.79 Å². The second-order valence-corrected chi connectivity index (χ2v) is 1.99. The zero-order valence-electron chi connectivity index (χ0n) is 4.78. The second-order valence-electron chi connectivity index (χ2n) is 1.99. The van der Waals surface area contributed by atoms with E-state index in [4.69, 9.17) is 10.2 Å². The normalized spacial score (nSPS) is 34.7. The Balaban J connectivity index is 2.44. The Hall–Kier alpha value is -0.610. The molecule has 0 aromatic rings. The van der Waals surface area contributed by atoms with Crippen LogP contribution in [0.1, 0.15) is 6.42 Å². The SMILES string of the molecule is O=C1O[C@@H](CO)C[C@@H]1O. The smallest absolute Gasteiger partial charge is 0.335 e. The van der Waals surface area contributed by atoms with Crippen molar-refractivity contribution in [3.05, 3.63) is 0 Å². The Morgan fingerprint density at radius 3 is 2.67 bits per heavy atom. The van der Waals surface area contributed by atoms with Crippen molar-refractivity contribution >= 4 is 5.97 Å². The summed E-state index contributed by atoms with van der Waals surface area (Å²) in [7, 11) is 0. The predicted octanol–water partition coefficient (Wildman–Crippen LogP) is -1.34. The molecule has 0 unspecified atom stereocenters. The maximum atomic E-state index is 10.4. The van der Waals surface area contributed by atoms with Gasteiger partial charge in [-0.2, -0.15) is 0 Å². The highest BCUT2D eigenvalue weighted by molar-refractivity contribution is 5.76. The molecule has 0 bridgehead atoms. The highest BCUT2D eigenvalue weighted by atomic mass is 16.6. The summed E-state index contributed by atoms with van der Waals surface area (Å²) in [4.78, 5) is 10.4. The highest BCUT2D eigenvalue weighted by Gasteiger charge is 2.31. The molecule has 0 aromatic heterocycles. The number of rotatable bonds is 1. The lowest BCUT2D eigenvalue weighted by Gasteiger charge is -2.00. The van der Waals surface area contributed by atoms with Crippen LogP contribution in [0.15, 0.2) is 0 Å². The van der Waals surface area contributed by atoms with Crippen molar-refractivity contribution in [3.8, 4) is 0 Å².